The normalized spacial score (nSPS) is 11.8. The summed E-state index contributed by atoms with van der Waals surface area (Å²) in [6, 6.07) is 2.77. The van der Waals surface area contributed by atoms with E-state index in [4.69, 9.17) is 0 Å². The molecule has 0 aliphatic heterocycles. The van der Waals surface area contributed by atoms with Gasteiger partial charge in [0.1, 0.15) is 5.82 Å². The summed E-state index contributed by atoms with van der Waals surface area (Å²) in [5.41, 5.74) is -0.435. The quantitative estimate of drug-likeness (QED) is 0.914. The summed E-state index contributed by atoms with van der Waals surface area (Å²) >= 11 is 0. The summed E-state index contributed by atoms with van der Waals surface area (Å²) in [6.07, 6.45) is -2.81. The lowest BCUT2D eigenvalue weighted by molar-refractivity contribution is -0.141. The predicted molar refractivity (Wildman–Crippen MR) is 58.7 cm³/mol. The molecule has 0 radical (unpaired) electrons. The molecule has 0 saturated heterocycles. The smallest absolute Gasteiger partial charge is 0.365 e. The number of alkyl halides is 3. The fourth-order valence-corrected chi connectivity index (χ4v) is 1.54. The highest BCUT2D eigenvalue weighted by Crippen LogP contribution is 2.28. The maximum Gasteiger partial charge on any atom is 0.435 e. The van der Waals surface area contributed by atoms with E-state index in [1.807, 2.05) is 0 Å². The third-order valence-electron chi connectivity index (χ3n) is 2.54. The Kier molecular flexibility index (Phi) is 3.02. The maximum absolute atomic E-state index is 12.4. The highest BCUT2D eigenvalue weighted by atomic mass is 19.4. The van der Waals surface area contributed by atoms with E-state index in [0.29, 0.717) is 5.69 Å². The molecule has 8 heteroatoms. The summed E-state index contributed by atoms with van der Waals surface area (Å²) in [6.45, 7) is 0.249. The summed E-state index contributed by atoms with van der Waals surface area (Å²) < 4.78 is 40.2. The molecule has 98 valence electrons. The molecule has 5 nitrogen and oxygen atoms in total. The van der Waals surface area contributed by atoms with Crippen LogP contribution >= 0.6 is 0 Å². The van der Waals surface area contributed by atoms with Crippen molar-refractivity contribution in [2.45, 2.75) is 12.7 Å². The summed E-state index contributed by atoms with van der Waals surface area (Å²) in [5.74, 6) is 0.727. The number of nitrogens with zero attached hydrogens (tertiary/aromatic N) is 4. The van der Waals surface area contributed by atoms with Gasteiger partial charge in [0.15, 0.2) is 5.69 Å². The second-order valence-corrected chi connectivity index (χ2v) is 3.84. The van der Waals surface area contributed by atoms with Gasteiger partial charge in [-0.1, -0.05) is 0 Å². The first-order chi connectivity index (χ1) is 8.38. The van der Waals surface area contributed by atoms with E-state index < -0.39 is 11.9 Å². The van der Waals surface area contributed by atoms with Crippen LogP contribution < -0.4 is 5.32 Å². The second-order valence-electron chi connectivity index (χ2n) is 3.84. The van der Waals surface area contributed by atoms with Gasteiger partial charge in [-0.3, -0.25) is 9.36 Å². The Morgan fingerprint density at radius 1 is 1.28 bits per heavy atom. The minimum atomic E-state index is -4.41. The summed E-state index contributed by atoms with van der Waals surface area (Å²) in [7, 11) is 3.22. The number of hydrogen-bond acceptors (Lipinski definition) is 3. The lowest BCUT2D eigenvalue weighted by Crippen LogP contribution is -2.08. The number of hydrogen-bond donors (Lipinski definition) is 1. The molecule has 0 aliphatic rings. The Bertz CT molecular complexity index is 540. The Balaban J connectivity index is 2.11. The molecule has 0 fully saturated rings. The molecule has 0 saturated carbocycles. The number of aryl methyl sites for hydroxylation is 2. The zero-order chi connectivity index (χ0) is 13.3. The molecule has 0 bridgehead atoms. The predicted octanol–water partition coefficient (Wildman–Crippen LogP) is 1.78. The van der Waals surface area contributed by atoms with Crippen molar-refractivity contribution in [2.24, 2.45) is 14.1 Å². The first kappa shape index (κ1) is 12.5. The molecule has 0 spiro atoms. The molecule has 2 heterocycles. The highest BCUT2D eigenvalue weighted by molar-refractivity contribution is 5.34. The largest absolute Gasteiger partial charge is 0.435 e. The number of anilines is 1. The van der Waals surface area contributed by atoms with Crippen LogP contribution in [0.25, 0.3) is 0 Å². The van der Waals surface area contributed by atoms with Gasteiger partial charge in [-0.2, -0.15) is 23.4 Å². The lowest BCUT2D eigenvalue weighted by Gasteiger charge is -2.06. The van der Waals surface area contributed by atoms with Gasteiger partial charge in [-0.05, 0) is 6.07 Å². The monoisotopic (exact) mass is 259 g/mol. The van der Waals surface area contributed by atoms with Gasteiger partial charge >= 0.3 is 6.18 Å². The van der Waals surface area contributed by atoms with Crippen molar-refractivity contribution in [3.05, 3.63) is 29.7 Å². The Morgan fingerprint density at radius 3 is 2.50 bits per heavy atom. The van der Waals surface area contributed by atoms with Crippen molar-refractivity contribution in [1.29, 1.82) is 0 Å². The standard InChI is InChI=1S/C10H12F3N5/c1-17-7(5-8(16-17)10(11,12)13)6-14-9-3-4-15-18(9)2/h3-5,14H,6H2,1-2H3. The Hall–Kier alpha value is -1.99. The van der Waals surface area contributed by atoms with Crippen LogP contribution in [0.1, 0.15) is 11.4 Å². The van der Waals surface area contributed by atoms with Gasteiger partial charge in [0.2, 0.25) is 0 Å². The van der Waals surface area contributed by atoms with Crippen molar-refractivity contribution in [2.75, 3.05) is 5.32 Å². The van der Waals surface area contributed by atoms with Gasteiger partial charge in [0, 0.05) is 20.2 Å². The average Bonchev–Trinajstić information content (AvgIpc) is 2.82. The maximum atomic E-state index is 12.4. The van der Waals surface area contributed by atoms with Crippen LogP contribution in [0, 0.1) is 0 Å². The van der Waals surface area contributed by atoms with E-state index in [1.54, 1.807) is 24.0 Å². The molecule has 2 aromatic heterocycles. The first-order valence-electron chi connectivity index (χ1n) is 5.20. The molecule has 0 atom stereocenters. The van der Waals surface area contributed by atoms with Gasteiger partial charge in [0.25, 0.3) is 0 Å². The van der Waals surface area contributed by atoms with Crippen LogP contribution in [-0.4, -0.2) is 19.6 Å². The van der Waals surface area contributed by atoms with Gasteiger partial charge in [-0.25, -0.2) is 0 Å². The molecule has 0 amide bonds. The Morgan fingerprint density at radius 2 is 2.00 bits per heavy atom. The van der Waals surface area contributed by atoms with Gasteiger partial charge in [-0.15, -0.1) is 0 Å². The molecule has 0 aromatic carbocycles. The number of nitrogens with one attached hydrogen (secondary N) is 1. The molecule has 0 aliphatic carbocycles. The SMILES string of the molecule is Cn1nc(C(F)(F)F)cc1CNc1ccnn1C. The van der Waals surface area contributed by atoms with Crippen LogP contribution in [0.15, 0.2) is 18.3 Å². The van der Waals surface area contributed by atoms with E-state index in [9.17, 15) is 13.2 Å². The lowest BCUT2D eigenvalue weighted by atomic mass is 10.3. The Labute approximate surface area is 101 Å². The van der Waals surface area contributed by atoms with Crippen LogP contribution in [0.5, 0.6) is 0 Å². The summed E-state index contributed by atoms with van der Waals surface area (Å²) in [4.78, 5) is 0. The van der Waals surface area contributed by atoms with Crippen molar-refractivity contribution < 1.29 is 13.2 Å². The van der Waals surface area contributed by atoms with Crippen molar-refractivity contribution in [3.63, 3.8) is 0 Å². The van der Waals surface area contributed by atoms with E-state index in [-0.39, 0.29) is 6.54 Å². The summed E-state index contributed by atoms with van der Waals surface area (Å²) in [5, 5.41) is 10.4. The van der Waals surface area contributed by atoms with Gasteiger partial charge < -0.3 is 5.32 Å². The molecular formula is C10H12F3N5. The molecular weight excluding hydrogens is 247 g/mol. The van der Waals surface area contributed by atoms with Crippen LogP contribution in [0.2, 0.25) is 0 Å². The van der Waals surface area contributed by atoms with E-state index in [0.717, 1.165) is 11.9 Å². The highest BCUT2D eigenvalue weighted by Gasteiger charge is 2.34. The third-order valence-corrected chi connectivity index (χ3v) is 2.54. The zero-order valence-electron chi connectivity index (χ0n) is 9.86. The molecule has 18 heavy (non-hydrogen) atoms. The zero-order valence-corrected chi connectivity index (χ0v) is 9.86. The number of aromatic nitrogens is 4. The van der Waals surface area contributed by atoms with Crippen LogP contribution in [0.4, 0.5) is 19.0 Å². The van der Waals surface area contributed by atoms with Crippen LogP contribution in [-0.2, 0) is 26.8 Å². The molecule has 2 aromatic rings. The van der Waals surface area contributed by atoms with Crippen molar-refractivity contribution >= 4 is 5.82 Å². The number of rotatable bonds is 3. The number of halogens is 3. The van der Waals surface area contributed by atoms with E-state index in [1.165, 1.54) is 11.7 Å². The van der Waals surface area contributed by atoms with Crippen molar-refractivity contribution in [1.82, 2.24) is 19.6 Å². The average molecular weight is 259 g/mol. The fourth-order valence-electron chi connectivity index (χ4n) is 1.54. The fraction of sp³-hybridized carbons (Fsp3) is 0.400. The molecule has 2 rings (SSSR count). The van der Waals surface area contributed by atoms with Gasteiger partial charge in [0.05, 0.1) is 18.4 Å². The first-order valence-corrected chi connectivity index (χ1v) is 5.20. The van der Waals surface area contributed by atoms with Crippen LogP contribution in [0.3, 0.4) is 0 Å². The third kappa shape index (κ3) is 2.47. The minimum Gasteiger partial charge on any atom is -0.365 e. The van der Waals surface area contributed by atoms with Crippen molar-refractivity contribution in [3.8, 4) is 0 Å². The van der Waals surface area contributed by atoms with E-state index in [2.05, 4.69) is 15.5 Å². The topological polar surface area (TPSA) is 47.7 Å². The molecule has 1 N–H and O–H groups in total. The minimum absolute atomic E-state index is 0.249. The molecule has 0 unspecified atom stereocenters. The second kappa shape index (κ2) is 4.35. The van der Waals surface area contributed by atoms with E-state index >= 15 is 0 Å².